The highest BCUT2D eigenvalue weighted by atomic mass is 16.3. The number of fused-ring (bicyclic) bond motifs is 1. The smallest absolute Gasteiger partial charge is 0.134 e. The molecule has 0 amide bonds. The zero-order valence-electron chi connectivity index (χ0n) is 11.5. The zero-order valence-corrected chi connectivity index (χ0v) is 11.5. The average Bonchev–Trinajstić information content (AvgIpc) is 2.53. The van der Waals surface area contributed by atoms with Gasteiger partial charge < -0.3 is 15.1 Å². The second-order valence-corrected chi connectivity index (χ2v) is 5.46. The van der Waals surface area contributed by atoms with Crippen molar-refractivity contribution in [1.29, 1.82) is 0 Å². The monoisotopic (exact) mass is 272 g/mol. The van der Waals surface area contributed by atoms with Crippen LogP contribution >= 0.6 is 0 Å². The third kappa shape index (κ3) is 2.49. The summed E-state index contributed by atoms with van der Waals surface area (Å²) >= 11 is 0. The number of nitrogens with zero attached hydrogens (tertiary/aromatic N) is 2. The van der Waals surface area contributed by atoms with Crippen molar-refractivity contribution in [3.63, 3.8) is 0 Å². The van der Waals surface area contributed by atoms with Gasteiger partial charge in [-0.15, -0.1) is 0 Å². The molecule has 1 atom stereocenters. The Hall–Kier alpha value is -1.65. The molecule has 4 heteroatoms. The number of hydrogen-bond acceptors (Lipinski definition) is 4. The Morgan fingerprint density at radius 2 is 2.10 bits per heavy atom. The van der Waals surface area contributed by atoms with Gasteiger partial charge >= 0.3 is 0 Å². The highest BCUT2D eigenvalue weighted by Crippen LogP contribution is 2.27. The van der Waals surface area contributed by atoms with E-state index in [1.54, 1.807) is 0 Å². The maximum absolute atomic E-state index is 9.62. The number of aliphatic hydroxyl groups is 2. The molecule has 3 rings (SSSR count). The van der Waals surface area contributed by atoms with Gasteiger partial charge in [-0.25, -0.2) is 4.98 Å². The molecule has 2 N–H and O–H groups in total. The van der Waals surface area contributed by atoms with Gasteiger partial charge in [0.05, 0.1) is 12.1 Å². The number of aliphatic hydroxyl groups excluding tert-OH is 2. The zero-order chi connectivity index (χ0) is 13.9. The SMILES string of the molecule is OCc1cc2ccccc2nc1N1CCCC(CO)C1. The molecule has 1 aromatic carbocycles. The fourth-order valence-corrected chi connectivity index (χ4v) is 2.95. The molecule has 1 saturated heterocycles. The van der Waals surface area contributed by atoms with Crippen LogP contribution in [0.15, 0.2) is 30.3 Å². The van der Waals surface area contributed by atoms with Crippen LogP contribution in [-0.4, -0.2) is 34.9 Å². The van der Waals surface area contributed by atoms with Gasteiger partial charge in [0.15, 0.2) is 0 Å². The number of para-hydroxylation sites is 1. The van der Waals surface area contributed by atoms with Gasteiger partial charge in [0, 0.05) is 30.6 Å². The van der Waals surface area contributed by atoms with Gasteiger partial charge in [-0.3, -0.25) is 0 Å². The molecule has 1 aromatic heterocycles. The molecule has 4 nitrogen and oxygen atoms in total. The maximum Gasteiger partial charge on any atom is 0.134 e. The van der Waals surface area contributed by atoms with Crippen molar-refractivity contribution in [2.75, 3.05) is 24.6 Å². The van der Waals surface area contributed by atoms with Crippen molar-refractivity contribution in [2.24, 2.45) is 5.92 Å². The first-order valence-electron chi connectivity index (χ1n) is 7.17. The lowest BCUT2D eigenvalue weighted by molar-refractivity contribution is 0.208. The molecular weight excluding hydrogens is 252 g/mol. The molecule has 0 aliphatic carbocycles. The van der Waals surface area contributed by atoms with Crippen molar-refractivity contribution in [2.45, 2.75) is 19.4 Å². The molecule has 106 valence electrons. The molecule has 0 radical (unpaired) electrons. The summed E-state index contributed by atoms with van der Waals surface area (Å²) in [5, 5.41) is 20.0. The van der Waals surface area contributed by atoms with E-state index < -0.39 is 0 Å². The number of anilines is 1. The Balaban J connectivity index is 2.00. The van der Waals surface area contributed by atoms with Crippen molar-refractivity contribution in [3.05, 3.63) is 35.9 Å². The second-order valence-electron chi connectivity index (χ2n) is 5.46. The summed E-state index contributed by atoms with van der Waals surface area (Å²) in [7, 11) is 0. The first kappa shape index (κ1) is 13.3. The van der Waals surface area contributed by atoms with Crippen LogP contribution in [0.3, 0.4) is 0 Å². The van der Waals surface area contributed by atoms with Crippen LogP contribution < -0.4 is 4.90 Å². The third-order valence-electron chi connectivity index (χ3n) is 4.03. The number of rotatable bonds is 3. The maximum atomic E-state index is 9.62. The van der Waals surface area contributed by atoms with E-state index in [1.165, 1.54) is 0 Å². The van der Waals surface area contributed by atoms with Gasteiger partial charge in [0.1, 0.15) is 5.82 Å². The summed E-state index contributed by atoms with van der Waals surface area (Å²) in [6, 6.07) is 9.98. The minimum atomic E-state index is -0.00649. The quantitative estimate of drug-likeness (QED) is 0.896. The molecule has 2 heterocycles. The first-order valence-corrected chi connectivity index (χ1v) is 7.17. The van der Waals surface area contributed by atoms with Gasteiger partial charge in [0.25, 0.3) is 0 Å². The third-order valence-corrected chi connectivity index (χ3v) is 4.03. The fraction of sp³-hybridized carbons (Fsp3) is 0.438. The average molecular weight is 272 g/mol. The van der Waals surface area contributed by atoms with E-state index in [-0.39, 0.29) is 13.2 Å². The van der Waals surface area contributed by atoms with Gasteiger partial charge in [-0.2, -0.15) is 0 Å². The number of piperidine rings is 1. The molecular formula is C16H20N2O2. The summed E-state index contributed by atoms with van der Waals surface area (Å²) in [5.74, 6) is 1.17. The number of pyridine rings is 1. The molecule has 0 saturated carbocycles. The number of aromatic nitrogens is 1. The van der Waals surface area contributed by atoms with Gasteiger partial charge in [-0.1, -0.05) is 18.2 Å². The Morgan fingerprint density at radius 1 is 1.25 bits per heavy atom. The Bertz CT molecular complexity index is 600. The van der Waals surface area contributed by atoms with Crippen LogP contribution in [0.5, 0.6) is 0 Å². The lowest BCUT2D eigenvalue weighted by Crippen LogP contribution is -2.37. The standard InChI is InChI=1S/C16H20N2O2/c19-10-12-4-3-7-18(9-12)16-14(11-20)8-13-5-1-2-6-15(13)17-16/h1-2,5-6,8,12,19-20H,3-4,7,9-11H2. The molecule has 1 fully saturated rings. The van der Waals surface area contributed by atoms with Crippen molar-refractivity contribution < 1.29 is 10.2 Å². The largest absolute Gasteiger partial charge is 0.396 e. The first-order chi connectivity index (χ1) is 9.81. The van der Waals surface area contributed by atoms with Crippen LogP contribution in [0.4, 0.5) is 5.82 Å². The van der Waals surface area contributed by atoms with Crippen molar-refractivity contribution >= 4 is 16.7 Å². The molecule has 20 heavy (non-hydrogen) atoms. The van der Waals surface area contributed by atoms with E-state index in [2.05, 4.69) is 4.90 Å². The Labute approximate surface area is 118 Å². The molecule has 1 unspecified atom stereocenters. The summed E-state index contributed by atoms with van der Waals surface area (Å²) in [6.07, 6.45) is 2.12. The summed E-state index contributed by atoms with van der Waals surface area (Å²) in [4.78, 5) is 6.92. The van der Waals surface area contributed by atoms with E-state index in [0.29, 0.717) is 5.92 Å². The van der Waals surface area contributed by atoms with Crippen LogP contribution in [0, 0.1) is 5.92 Å². The minimum absolute atomic E-state index is 0.00649. The van der Waals surface area contributed by atoms with Gasteiger partial charge in [-0.05, 0) is 30.9 Å². The minimum Gasteiger partial charge on any atom is -0.396 e. The highest BCUT2D eigenvalue weighted by Gasteiger charge is 2.22. The summed E-state index contributed by atoms with van der Waals surface area (Å²) < 4.78 is 0. The van der Waals surface area contributed by atoms with Crippen LogP contribution in [-0.2, 0) is 6.61 Å². The Kier molecular flexibility index (Phi) is 3.85. The van der Waals surface area contributed by atoms with Crippen LogP contribution in [0.2, 0.25) is 0 Å². The second kappa shape index (κ2) is 5.77. The number of benzene rings is 1. The lowest BCUT2D eigenvalue weighted by atomic mass is 9.98. The fourth-order valence-electron chi connectivity index (χ4n) is 2.95. The van der Waals surface area contributed by atoms with Gasteiger partial charge in [0.2, 0.25) is 0 Å². The molecule has 1 aliphatic rings. The van der Waals surface area contributed by atoms with Crippen LogP contribution in [0.25, 0.3) is 10.9 Å². The van der Waals surface area contributed by atoms with E-state index in [1.807, 2.05) is 30.3 Å². The number of hydrogen-bond donors (Lipinski definition) is 2. The predicted octanol–water partition coefficient (Wildman–Crippen LogP) is 1.94. The Morgan fingerprint density at radius 3 is 2.90 bits per heavy atom. The lowest BCUT2D eigenvalue weighted by Gasteiger charge is -2.33. The molecule has 0 spiro atoms. The van der Waals surface area contributed by atoms with Crippen molar-refractivity contribution in [3.8, 4) is 0 Å². The highest BCUT2D eigenvalue weighted by molar-refractivity contribution is 5.81. The van der Waals surface area contributed by atoms with Crippen LogP contribution in [0.1, 0.15) is 18.4 Å². The molecule has 1 aliphatic heterocycles. The molecule has 0 bridgehead atoms. The normalized spacial score (nSPS) is 19.5. The van der Waals surface area contributed by atoms with E-state index in [9.17, 15) is 10.2 Å². The van der Waals surface area contributed by atoms with Crippen molar-refractivity contribution in [1.82, 2.24) is 4.98 Å². The summed E-state index contributed by atoms with van der Waals surface area (Å²) in [6.45, 7) is 1.97. The van der Waals surface area contributed by atoms with E-state index in [4.69, 9.17) is 4.98 Å². The van der Waals surface area contributed by atoms with E-state index >= 15 is 0 Å². The predicted molar refractivity (Wildman–Crippen MR) is 79.7 cm³/mol. The molecule has 2 aromatic rings. The van der Waals surface area contributed by atoms with E-state index in [0.717, 1.165) is 48.2 Å². The summed E-state index contributed by atoms with van der Waals surface area (Å²) in [5.41, 5.74) is 1.81. The topological polar surface area (TPSA) is 56.6 Å².